The van der Waals surface area contributed by atoms with Gasteiger partial charge in [-0.25, -0.2) is 0 Å². The van der Waals surface area contributed by atoms with Crippen molar-refractivity contribution in [2.24, 2.45) is 5.92 Å². The van der Waals surface area contributed by atoms with Crippen LogP contribution in [-0.2, 0) is 4.79 Å². The molecule has 1 aliphatic heterocycles. The number of anilines is 1. The second-order valence-electron chi connectivity index (χ2n) is 5.94. The van der Waals surface area contributed by atoms with Crippen molar-refractivity contribution in [3.8, 4) is 6.07 Å². The smallest absolute Gasteiger partial charge is 0.238 e. The van der Waals surface area contributed by atoms with E-state index in [0.717, 1.165) is 24.9 Å². The third kappa shape index (κ3) is 2.97. The average Bonchev–Trinajstić information content (AvgIpc) is 2.85. The molecule has 0 radical (unpaired) electrons. The lowest BCUT2D eigenvalue weighted by Gasteiger charge is -2.30. The maximum atomic E-state index is 12.3. The first-order chi connectivity index (χ1) is 10.7. The fraction of sp³-hybridized carbons (Fsp3) is 0.412. The number of amides is 1. The molecule has 1 aromatic heterocycles. The number of fused-ring (bicyclic) bond motifs is 1. The molecule has 0 aliphatic carbocycles. The summed E-state index contributed by atoms with van der Waals surface area (Å²) >= 11 is 0. The predicted octanol–water partition coefficient (Wildman–Crippen LogP) is 2.97. The van der Waals surface area contributed by atoms with Gasteiger partial charge >= 0.3 is 0 Å². The Morgan fingerprint density at radius 3 is 3.09 bits per heavy atom. The van der Waals surface area contributed by atoms with Crippen molar-refractivity contribution in [3.63, 3.8) is 0 Å². The van der Waals surface area contributed by atoms with Gasteiger partial charge in [-0.05, 0) is 37.4 Å². The molecule has 114 valence electrons. The predicted molar refractivity (Wildman–Crippen MR) is 84.4 cm³/mol. The molecule has 2 heterocycles. The number of hydrogen-bond acceptors (Lipinski definition) is 4. The van der Waals surface area contributed by atoms with E-state index in [9.17, 15) is 10.1 Å². The summed E-state index contributed by atoms with van der Waals surface area (Å²) in [6, 6.07) is 9.34. The molecule has 0 spiro atoms. The molecule has 5 heteroatoms. The quantitative estimate of drug-likeness (QED) is 0.945. The molecule has 3 rings (SSSR count). The summed E-state index contributed by atoms with van der Waals surface area (Å²) in [6.07, 6.45) is 2.36. The molecule has 1 aromatic carbocycles. The molecule has 1 atom stereocenters. The van der Waals surface area contributed by atoms with Gasteiger partial charge < -0.3 is 9.73 Å². The molecule has 0 bridgehead atoms. The van der Waals surface area contributed by atoms with Crippen molar-refractivity contribution < 1.29 is 9.21 Å². The van der Waals surface area contributed by atoms with Crippen LogP contribution in [0.3, 0.4) is 0 Å². The van der Waals surface area contributed by atoms with Crippen molar-refractivity contribution in [1.29, 1.82) is 5.26 Å². The number of nitrogens with zero attached hydrogens (tertiary/aromatic N) is 2. The van der Waals surface area contributed by atoms with Gasteiger partial charge in [0, 0.05) is 11.9 Å². The summed E-state index contributed by atoms with van der Waals surface area (Å²) in [5.74, 6) is 0.685. The standard InChI is InChI=1S/C17H19N3O2/c1-12-5-4-8-20(10-12)11-16(21)19-17-13-6-2-3-7-14(13)22-15(17)9-18/h2-3,6-7,12H,4-5,8,10-11H2,1H3,(H,19,21)/t12-/m1/s1. The summed E-state index contributed by atoms with van der Waals surface area (Å²) in [5, 5.41) is 12.8. The van der Waals surface area contributed by atoms with Crippen LogP contribution in [0.1, 0.15) is 25.5 Å². The molecule has 5 nitrogen and oxygen atoms in total. The minimum atomic E-state index is -0.0999. The van der Waals surface area contributed by atoms with Gasteiger partial charge in [0.15, 0.2) is 0 Å². The first-order valence-electron chi connectivity index (χ1n) is 7.61. The number of carbonyl (C=O) groups excluding carboxylic acids is 1. The minimum absolute atomic E-state index is 0.0999. The second-order valence-corrected chi connectivity index (χ2v) is 5.94. The highest BCUT2D eigenvalue weighted by Gasteiger charge is 2.21. The van der Waals surface area contributed by atoms with Crippen LogP contribution in [0.5, 0.6) is 0 Å². The van der Waals surface area contributed by atoms with Crippen LogP contribution in [0.15, 0.2) is 28.7 Å². The number of hydrogen-bond donors (Lipinski definition) is 1. The van der Waals surface area contributed by atoms with Crippen LogP contribution in [0, 0.1) is 17.2 Å². The number of nitriles is 1. The van der Waals surface area contributed by atoms with Gasteiger partial charge in [-0.3, -0.25) is 9.69 Å². The van der Waals surface area contributed by atoms with Crippen LogP contribution < -0.4 is 5.32 Å². The normalized spacial score (nSPS) is 19.0. The van der Waals surface area contributed by atoms with Gasteiger partial charge in [0.1, 0.15) is 17.3 Å². The van der Waals surface area contributed by atoms with E-state index in [-0.39, 0.29) is 11.7 Å². The van der Waals surface area contributed by atoms with Crippen molar-refractivity contribution in [2.45, 2.75) is 19.8 Å². The summed E-state index contributed by atoms with van der Waals surface area (Å²) in [6.45, 7) is 4.47. The van der Waals surface area contributed by atoms with E-state index in [0.29, 0.717) is 23.7 Å². The highest BCUT2D eigenvalue weighted by Crippen LogP contribution is 2.30. The van der Waals surface area contributed by atoms with Crippen LogP contribution in [0.2, 0.25) is 0 Å². The van der Waals surface area contributed by atoms with Gasteiger partial charge in [0.05, 0.1) is 6.54 Å². The zero-order valence-corrected chi connectivity index (χ0v) is 12.6. The van der Waals surface area contributed by atoms with Crippen molar-refractivity contribution >= 4 is 22.6 Å². The Morgan fingerprint density at radius 1 is 1.50 bits per heavy atom. The lowest BCUT2D eigenvalue weighted by Crippen LogP contribution is -2.39. The highest BCUT2D eigenvalue weighted by molar-refractivity contribution is 6.03. The Labute approximate surface area is 129 Å². The Balaban J connectivity index is 1.75. The third-order valence-electron chi connectivity index (χ3n) is 4.07. The SMILES string of the molecule is C[C@@H]1CCCN(CC(=O)Nc2c(C#N)oc3ccccc23)C1. The highest BCUT2D eigenvalue weighted by atomic mass is 16.3. The van der Waals surface area contributed by atoms with Crippen LogP contribution in [0.25, 0.3) is 11.0 Å². The van der Waals surface area contributed by atoms with Gasteiger partial charge in [-0.2, -0.15) is 5.26 Å². The molecule has 0 unspecified atom stereocenters. The number of carbonyl (C=O) groups is 1. The summed E-state index contributed by atoms with van der Waals surface area (Å²) in [4.78, 5) is 14.5. The Bertz CT molecular complexity index is 729. The Morgan fingerprint density at radius 2 is 2.32 bits per heavy atom. The topological polar surface area (TPSA) is 69.3 Å². The summed E-state index contributed by atoms with van der Waals surface area (Å²) < 4.78 is 5.47. The summed E-state index contributed by atoms with van der Waals surface area (Å²) in [7, 11) is 0. The molecule has 1 amide bonds. The maximum absolute atomic E-state index is 12.3. The molecule has 1 N–H and O–H groups in total. The zero-order valence-electron chi connectivity index (χ0n) is 12.6. The number of piperidine rings is 1. The summed E-state index contributed by atoms with van der Waals surface area (Å²) in [5.41, 5.74) is 1.09. The first-order valence-corrected chi connectivity index (χ1v) is 7.61. The maximum Gasteiger partial charge on any atom is 0.238 e. The average molecular weight is 297 g/mol. The molecule has 0 saturated carbocycles. The monoisotopic (exact) mass is 297 g/mol. The largest absolute Gasteiger partial charge is 0.443 e. The van der Waals surface area contributed by atoms with E-state index in [1.54, 1.807) is 6.07 Å². The second kappa shape index (κ2) is 6.20. The first kappa shape index (κ1) is 14.6. The molecule has 1 aliphatic rings. The van der Waals surface area contributed by atoms with E-state index in [1.807, 2.05) is 24.3 Å². The molecule has 1 saturated heterocycles. The molecule has 22 heavy (non-hydrogen) atoms. The Kier molecular flexibility index (Phi) is 4.12. The number of para-hydroxylation sites is 1. The van der Waals surface area contributed by atoms with Gasteiger partial charge in [-0.1, -0.05) is 19.1 Å². The van der Waals surface area contributed by atoms with E-state index in [2.05, 4.69) is 17.1 Å². The molecule has 2 aromatic rings. The van der Waals surface area contributed by atoms with E-state index in [1.165, 1.54) is 6.42 Å². The zero-order chi connectivity index (χ0) is 15.5. The van der Waals surface area contributed by atoms with Crippen LogP contribution >= 0.6 is 0 Å². The Hall–Kier alpha value is -2.32. The lowest BCUT2D eigenvalue weighted by molar-refractivity contribution is -0.117. The van der Waals surface area contributed by atoms with Gasteiger partial charge in [-0.15, -0.1) is 0 Å². The molecular formula is C17H19N3O2. The molecule has 1 fully saturated rings. The van der Waals surface area contributed by atoms with E-state index >= 15 is 0 Å². The molecular weight excluding hydrogens is 278 g/mol. The van der Waals surface area contributed by atoms with Crippen LogP contribution in [0.4, 0.5) is 5.69 Å². The van der Waals surface area contributed by atoms with E-state index < -0.39 is 0 Å². The van der Waals surface area contributed by atoms with Gasteiger partial charge in [0.2, 0.25) is 11.7 Å². The number of furan rings is 1. The van der Waals surface area contributed by atoms with Crippen molar-refractivity contribution in [2.75, 3.05) is 25.0 Å². The minimum Gasteiger partial charge on any atom is -0.443 e. The number of benzene rings is 1. The third-order valence-corrected chi connectivity index (χ3v) is 4.07. The van der Waals surface area contributed by atoms with Crippen molar-refractivity contribution in [3.05, 3.63) is 30.0 Å². The fourth-order valence-corrected chi connectivity index (χ4v) is 3.06. The number of nitrogens with one attached hydrogen (secondary N) is 1. The number of rotatable bonds is 3. The van der Waals surface area contributed by atoms with E-state index in [4.69, 9.17) is 4.42 Å². The van der Waals surface area contributed by atoms with Crippen molar-refractivity contribution in [1.82, 2.24) is 4.90 Å². The fourth-order valence-electron chi connectivity index (χ4n) is 3.06. The van der Waals surface area contributed by atoms with Crippen LogP contribution in [-0.4, -0.2) is 30.4 Å². The van der Waals surface area contributed by atoms with Gasteiger partial charge in [0.25, 0.3) is 0 Å². The number of likely N-dealkylation sites (tertiary alicyclic amines) is 1. The lowest BCUT2D eigenvalue weighted by atomic mass is 10.0.